The number of hydrogen-bond donors (Lipinski definition) is 3. The number of fused-ring (bicyclic) bond motifs is 1. The van der Waals surface area contributed by atoms with E-state index in [-0.39, 0.29) is 13.0 Å². The topological polar surface area (TPSA) is 138 Å². The summed E-state index contributed by atoms with van der Waals surface area (Å²) in [6, 6.07) is -0.617. The molecule has 2 aromatic heterocycles. The van der Waals surface area contributed by atoms with Crippen molar-refractivity contribution in [2.24, 2.45) is 5.14 Å². The minimum atomic E-state index is -3.86. The van der Waals surface area contributed by atoms with Crippen LogP contribution in [0.3, 0.4) is 0 Å². The third-order valence-electron chi connectivity index (χ3n) is 3.35. The zero-order chi connectivity index (χ0) is 14.3. The SMILES string of the molecule is NS(=O)(=O)N1CCC(O)CC1c1cnc2nc[nH]c2n1. The maximum atomic E-state index is 11.6. The van der Waals surface area contributed by atoms with E-state index in [0.717, 1.165) is 4.31 Å². The number of aromatic nitrogens is 4. The monoisotopic (exact) mass is 298 g/mol. The number of aromatic amines is 1. The molecular weight excluding hydrogens is 284 g/mol. The first-order valence-electron chi connectivity index (χ1n) is 6.09. The molecule has 0 saturated carbocycles. The minimum Gasteiger partial charge on any atom is -0.393 e. The number of piperidine rings is 1. The Morgan fingerprint density at radius 1 is 1.45 bits per heavy atom. The van der Waals surface area contributed by atoms with Gasteiger partial charge in [0.05, 0.1) is 30.4 Å². The lowest BCUT2D eigenvalue weighted by Crippen LogP contribution is -2.45. The highest BCUT2D eigenvalue weighted by atomic mass is 32.2. The Hall–Kier alpha value is -1.62. The molecule has 0 aromatic carbocycles. The van der Waals surface area contributed by atoms with Gasteiger partial charge in [0.1, 0.15) is 0 Å². The summed E-state index contributed by atoms with van der Waals surface area (Å²) in [6.45, 7) is 0.160. The van der Waals surface area contributed by atoms with Gasteiger partial charge in [0.25, 0.3) is 10.2 Å². The lowest BCUT2D eigenvalue weighted by molar-refractivity contribution is 0.0795. The van der Waals surface area contributed by atoms with Gasteiger partial charge in [-0.1, -0.05) is 0 Å². The van der Waals surface area contributed by atoms with Crippen molar-refractivity contribution in [1.82, 2.24) is 24.2 Å². The standard InChI is InChI=1S/C10H14N6O3S/c11-20(18,19)16-2-1-6(17)3-8(16)7-4-12-9-10(15-7)14-5-13-9/h4-6,8,17H,1-3H2,(H2,11,18,19)(H,12,13,14,15). The van der Waals surface area contributed by atoms with Crippen molar-refractivity contribution < 1.29 is 13.5 Å². The number of aliphatic hydroxyl groups excluding tert-OH is 1. The Bertz CT molecular complexity index is 729. The molecule has 3 rings (SSSR count). The molecule has 1 aliphatic heterocycles. The molecule has 0 spiro atoms. The predicted molar refractivity (Wildman–Crippen MR) is 69.5 cm³/mol. The fourth-order valence-corrected chi connectivity index (χ4v) is 3.31. The molecule has 1 fully saturated rings. The predicted octanol–water partition coefficient (Wildman–Crippen LogP) is -0.946. The van der Waals surface area contributed by atoms with Crippen molar-refractivity contribution in [2.75, 3.05) is 6.54 Å². The van der Waals surface area contributed by atoms with Crippen molar-refractivity contribution in [3.8, 4) is 0 Å². The van der Waals surface area contributed by atoms with Crippen molar-refractivity contribution in [1.29, 1.82) is 0 Å². The summed E-state index contributed by atoms with van der Waals surface area (Å²) in [6.07, 6.45) is 2.93. The average molecular weight is 298 g/mol. The van der Waals surface area contributed by atoms with Crippen molar-refractivity contribution >= 4 is 21.5 Å². The van der Waals surface area contributed by atoms with Crippen LogP contribution in [-0.2, 0) is 10.2 Å². The molecule has 20 heavy (non-hydrogen) atoms. The zero-order valence-electron chi connectivity index (χ0n) is 10.5. The van der Waals surface area contributed by atoms with Gasteiger partial charge in [-0.05, 0) is 12.8 Å². The fraction of sp³-hybridized carbons (Fsp3) is 0.500. The molecule has 9 nitrogen and oxygen atoms in total. The smallest absolute Gasteiger partial charge is 0.277 e. The van der Waals surface area contributed by atoms with Gasteiger partial charge in [0.2, 0.25) is 0 Å². The molecule has 0 aliphatic carbocycles. The van der Waals surface area contributed by atoms with Gasteiger partial charge in [0, 0.05) is 6.54 Å². The number of rotatable bonds is 2. The summed E-state index contributed by atoms with van der Waals surface area (Å²) in [5.41, 5.74) is 1.36. The summed E-state index contributed by atoms with van der Waals surface area (Å²) in [5.74, 6) is 0. The van der Waals surface area contributed by atoms with Gasteiger partial charge in [-0.2, -0.15) is 12.7 Å². The lowest BCUT2D eigenvalue weighted by Gasteiger charge is -2.34. The van der Waals surface area contributed by atoms with E-state index in [0.29, 0.717) is 23.4 Å². The van der Waals surface area contributed by atoms with Gasteiger partial charge in [-0.25, -0.2) is 20.1 Å². The van der Waals surface area contributed by atoms with Crippen LogP contribution >= 0.6 is 0 Å². The first-order valence-corrected chi connectivity index (χ1v) is 7.59. The second-order valence-electron chi connectivity index (χ2n) is 4.72. The molecule has 2 atom stereocenters. The van der Waals surface area contributed by atoms with E-state index in [1.807, 2.05) is 0 Å². The molecule has 1 aliphatic rings. The van der Waals surface area contributed by atoms with Crippen LogP contribution in [-0.4, -0.2) is 50.4 Å². The summed E-state index contributed by atoms with van der Waals surface area (Å²) in [5, 5.41) is 15.0. The lowest BCUT2D eigenvalue weighted by atomic mass is 10.00. The van der Waals surface area contributed by atoms with Crippen molar-refractivity contribution in [3.05, 3.63) is 18.2 Å². The van der Waals surface area contributed by atoms with Gasteiger partial charge >= 0.3 is 0 Å². The quantitative estimate of drug-likeness (QED) is 0.653. The summed E-state index contributed by atoms with van der Waals surface area (Å²) in [4.78, 5) is 15.2. The minimum absolute atomic E-state index is 0.160. The summed E-state index contributed by atoms with van der Waals surface area (Å²) >= 11 is 0. The Balaban J connectivity index is 2.03. The number of hydrogen-bond acceptors (Lipinski definition) is 6. The maximum absolute atomic E-state index is 11.6. The molecule has 1 saturated heterocycles. The molecule has 2 unspecified atom stereocenters. The van der Waals surface area contributed by atoms with E-state index in [1.165, 1.54) is 12.5 Å². The van der Waals surface area contributed by atoms with Crippen LogP contribution in [0.4, 0.5) is 0 Å². The van der Waals surface area contributed by atoms with E-state index in [2.05, 4.69) is 19.9 Å². The van der Waals surface area contributed by atoms with E-state index < -0.39 is 22.4 Å². The Labute approximate surface area is 115 Å². The normalized spacial score (nSPS) is 25.1. The molecular formula is C10H14N6O3S. The van der Waals surface area contributed by atoms with Crippen LogP contribution in [0.1, 0.15) is 24.6 Å². The summed E-state index contributed by atoms with van der Waals surface area (Å²) in [7, 11) is -3.86. The zero-order valence-corrected chi connectivity index (χ0v) is 11.3. The van der Waals surface area contributed by atoms with E-state index in [9.17, 15) is 13.5 Å². The second kappa shape index (κ2) is 4.74. The van der Waals surface area contributed by atoms with Gasteiger partial charge < -0.3 is 10.1 Å². The Morgan fingerprint density at radius 2 is 2.25 bits per heavy atom. The van der Waals surface area contributed by atoms with Crippen molar-refractivity contribution in [3.63, 3.8) is 0 Å². The third-order valence-corrected chi connectivity index (χ3v) is 4.44. The van der Waals surface area contributed by atoms with Crippen LogP contribution in [0.2, 0.25) is 0 Å². The molecule has 10 heteroatoms. The number of imidazole rings is 1. The third kappa shape index (κ3) is 2.38. The molecule has 3 heterocycles. The molecule has 108 valence electrons. The van der Waals surface area contributed by atoms with Gasteiger partial charge in [0.15, 0.2) is 11.3 Å². The largest absolute Gasteiger partial charge is 0.393 e. The fourth-order valence-electron chi connectivity index (χ4n) is 2.40. The summed E-state index contributed by atoms with van der Waals surface area (Å²) < 4.78 is 24.4. The second-order valence-corrected chi connectivity index (χ2v) is 6.22. The first-order chi connectivity index (χ1) is 9.45. The maximum Gasteiger partial charge on any atom is 0.277 e. The average Bonchev–Trinajstić information content (AvgIpc) is 2.84. The molecule has 4 N–H and O–H groups in total. The van der Waals surface area contributed by atoms with E-state index >= 15 is 0 Å². The molecule has 0 bridgehead atoms. The van der Waals surface area contributed by atoms with Crippen LogP contribution in [0.25, 0.3) is 11.3 Å². The van der Waals surface area contributed by atoms with Gasteiger partial charge in [-0.15, -0.1) is 0 Å². The molecule has 2 aromatic rings. The highest BCUT2D eigenvalue weighted by Gasteiger charge is 2.35. The van der Waals surface area contributed by atoms with E-state index in [1.54, 1.807) is 0 Å². The van der Waals surface area contributed by atoms with E-state index in [4.69, 9.17) is 5.14 Å². The molecule has 0 amide bonds. The number of nitrogens with zero attached hydrogens (tertiary/aromatic N) is 4. The van der Waals surface area contributed by atoms with Crippen LogP contribution < -0.4 is 5.14 Å². The van der Waals surface area contributed by atoms with Gasteiger partial charge in [-0.3, -0.25) is 0 Å². The number of H-pyrrole nitrogens is 1. The van der Waals surface area contributed by atoms with Crippen molar-refractivity contribution in [2.45, 2.75) is 25.0 Å². The Morgan fingerprint density at radius 3 is 3.00 bits per heavy atom. The molecule has 0 radical (unpaired) electrons. The first kappa shape index (κ1) is 13.4. The van der Waals surface area contributed by atoms with Crippen LogP contribution in [0, 0.1) is 0 Å². The number of nitrogens with two attached hydrogens (primary N) is 1. The number of nitrogens with one attached hydrogen (secondary N) is 1. The Kier molecular flexibility index (Phi) is 3.17. The van der Waals surface area contributed by atoms with Crippen LogP contribution in [0.15, 0.2) is 12.5 Å². The number of aliphatic hydroxyl groups is 1. The highest BCUT2D eigenvalue weighted by Crippen LogP contribution is 2.31. The van der Waals surface area contributed by atoms with Crippen LogP contribution in [0.5, 0.6) is 0 Å². The highest BCUT2D eigenvalue weighted by molar-refractivity contribution is 7.86.